The van der Waals surface area contributed by atoms with Gasteiger partial charge in [0.2, 0.25) is 5.75 Å². The zero-order valence-electron chi connectivity index (χ0n) is 20.5. The van der Waals surface area contributed by atoms with Gasteiger partial charge in [-0.2, -0.15) is 0 Å². The van der Waals surface area contributed by atoms with Crippen LogP contribution < -0.4 is 29.7 Å². The molecule has 0 aliphatic heterocycles. The fourth-order valence-corrected chi connectivity index (χ4v) is 3.62. The van der Waals surface area contributed by atoms with Crippen LogP contribution in [0.5, 0.6) is 17.2 Å². The molecule has 0 aromatic heterocycles. The number of benzene rings is 3. The number of anilines is 2. The summed E-state index contributed by atoms with van der Waals surface area (Å²) in [4.78, 5) is 27.5. The standard InChI is InChI=1S/C27H31N3O5/c1-19-10-8-11-21(16-19)29-27(32)30(22-12-6-5-7-13-22)15-9-14-28-26(31)20-17-23(33-2)25(35-4)24(18-20)34-3/h5-8,10-13,16-18H,9,14-15H2,1-4H3,(H,28,31)(H,29,32). The molecule has 0 unspecified atom stereocenters. The van der Waals surface area contributed by atoms with Crippen molar-refractivity contribution in [2.24, 2.45) is 0 Å². The van der Waals surface area contributed by atoms with Crippen LogP contribution in [-0.4, -0.2) is 46.4 Å². The van der Waals surface area contributed by atoms with Crippen molar-refractivity contribution >= 4 is 23.3 Å². The van der Waals surface area contributed by atoms with E-state index in [1.165, 1.54) is 21.3 Å². The Morgan fingerprint density at radius 3 is 2.14 bits per heavy atom. The van der Waals surface area contributed by atoms with E-state index >= 15 is 0 Å². The van der Waals surface area contributed by atoms with Gasteiger partial charge in [-0.25, -0.2) is 4.79 Å². The summed E-state index contributed by atoms with van der Waals surface area (Å²) in [5.41, 5.74) is 2.94. The minimum Gasteiger partial charge on any atom is -0.493 e. The Kier molecular flexibility index (Phi) is 8.95. The summed E-state index contributed by atoms with van der Waals surface area (Å²) in [6, 6.07) is 20.0. The molecule has 184 valence electrons. The summed E-state index contributed by atoms with van der Waals surface area (Å²) in [5.74, 6) is 0.949. The van der Waals surface area contributed by atoms with E-state index in [4.69, 9.17) is 14.2 Å². The molecular formula is C27H31N3O5. The number of rotatable bonds is 10. The molecule has 8 nitrogen and oxygen atoms in total. The van der Waals surface area contributed by atoms with Crippen LogP contribution in [0.3, 0.4) is 0 Å². The van der Waals surface area contributed by atoms with E-state index in [9.17, 15) is 9.59 Å². The van der Waals surface area contributed by atoms with E-state index in [0.29, 0.717) is 42.3 Å². The van der Waals surface area contributed by atoms with Crippen molar-refractivity contribution < 1.29 is 23.8 Å². The molecular weight excluding hydrogens is 446 g/mol. The van der Waals surface area contributed by atoms with Crippen LogP contribution in [0.15, 0.2) is 66.7 Å². The Bertz CT molecular complexity index is 1130. The lowest BCUT2D eigenvalue weighted by molar-refractivity contribution is 0.0952. The molecule has 0 saturated carbocycles. The predicted octanol–water partition coefficient (Wildman–Crippen LogP) is 4.88. The number of nitrogens with zero attached hydrogens (tertiary/aromatic N) is 1. The molecule has 0 radical (unpaired) electrons. The van der Waals surface area contributed by atoms with Crippen LogP contribution in [0.2, 0.25) is 0 Å². The molecule has 0 saturated heterocycles. The van der Waals surface area contributed by atoms with E-state index < -0.39 is 0 Å². The van der Waals surface area contributed by atoms with Crippen LogP contribution >= 0.6 is 0 Å². The molecule has 8 heteroatoms. The summed E-state index contributed by atoms with van der Waals surface area (Å²) >= 11 is 0. The maximum Gasteiger partial charge on any atom is 0.326 e. The summed E-state index contributed by atoms with van der Waals surface area (Å²) in [5, 5.41) is 5.85. The highest BCUT2D eigenvalue weighted by Gasteiger charge is 2.18. The molecule has 3 aromatic rings. The van der Waals surface area contributed by atoms with Gasteiger partial charge in [0.1, 0.15) is 0 Å². The first-order valence-corrected chi connectivity index (χ1v) is 11.2. The van der Waals surface area contributed by atoms with Gasteiger partial charge < -0.3 is 24.8 Å². The molecule has 0 bridgehead atoms. The zero-order valence-corrected chi connectivity index (χ0v) is 20.5. The molecule has 3 amide bonds. The first kappa shape index (κ1) is 25.4. The maximum absolute atomic E-state index is 13.1. The lowest BCUT2D eigenvalue weighted by atomic mass is 10.1. The van der Waals surface area contributed by atoms with Gasteiger partial charge in [0.25, 0.3) is 5.91 Å². The smallest absolute Gasteiger partial charge is 0.326 e. The molecule has 35 heavy (non-hydrogen) atoms. The molecule has 3 rings (SSSR count). The van der Waals surface area contributed by atoms with Gasteiger partial charge in [-0.1, -0.05) is 30.3 Å². The molecule has 0 aliphatic rings. The third kappa shape index (κ3) is 6.66. The number of hydrogen-bond acceptors (Lipinski definition) is 5. The average Bonchev–Trinajstić information content (AvgIpc) is 2.87. The second-order valence-corrected chi connectivity index (χ2v) is 7.81. The Morgan fingerprint density at radius 2 is 1.54 bits per heavy atom. The van der Waals surface area contributed by atoms with Crippen molar-refractivity contribution in [1.82, 2.24) is 5.32 Å². The van der Waals surface area contributed by atoms with Gasteiger partial charge in [0.05, 0.1) is 21.3 Å². The van der Waals surface area contributed by atoms with Crippen molar-refractivity contribution in [1.29, 1.82) is 0 Å². The van der Waals surface area contributed by atoms with Gasteiger partial charge in [-0.15, -0.1) is 0 Å². The number of carbonyl (C=O) groups is 2. The van der Waals surface area contributed by atoms with Gasteiger partial charge in [0, 0.05) is 30.0 Å². The topological polar surface area (TPSA) is 89.1 Å². The highest BCUT2D eigenvalue weighted by atomic mass is 16.5. The van der Waals surface area contributed by atoms with Gasteiger partial charge in [-0.05, 0) is 55.3 Å². The molecule has 0 heterocycles. The molecule has 0 spiro atoms. The zero-order chi connectivity index (χ0) is 25.2. The minimum atomic E-state index is -0.278. The Hall–Kier alpha value is -4.20. The lowest BCUT2D eigenvalue weighted by Gasteiger charge is -2.23. The van der Waals surface area contributed by atoms with E-state index in [2.05, 4.69) is 10.6 Å². The highest BCUT2D eigenvalue weighted by Crippen LogP contribution is 2.38. The Balaban J connectivity index is 1.64. The number of carbonyl (C=O) groups excluding carboxylic acids is 2. The average molecular weight is 478 g/mol. The second kappa shape index (κ2) is 12.3. The van der Waals surface area contributed by atoms with Crippen LogP contribution in [-0.2, 0) is 0 Å². The largest absolute Gasteiger partial charge is 0.493 e. The van der Waals surface area contributed by atoms with Crippen LogP contribution in [0.4, 0.5) is 16.2 Å². The monoisotopic (exact) mass is 477 g/mol. The number of amides is 3. The SMILES string of the molecule is COc1cc(C(=O)NCCCN(C(=O)Nc2cccc(C)c2)c2ccccc2)cc(OC)c1OC. The van der Waals surface area contributed by atoms with Crippen molar-refractivity contribution in [3.05, 3.63) is 77.9 Å². The van der Waals surface area contributed by atoms with E-state index in [0.717, 1.165) is 16.9 Å². The van der Waals surface area contributed by atoms with Crippen LogP contribution in [0.25, 0.3) is 0 Å². The summed E-state index contributed by atoms with van der Waals surface area (Å²) < 4.78 is 16.0. The normalized spacial score (nSPS) is 10.3. The van der Waals surface area contributed by atoms with E-state index in [1.807, 2.05) is 61.5 Å². The Labute approximate surface area is 205 Å². The minimum absolute atomic E-state index is 0.238. The third-order valence-corrected chi connectivity index (χ3v) is 5.35. The number of aryl methyl sites for hydroxylation is 1. The van der Waals surface area contributed by atoms with Crippen molar-refractivity contribution in [3.63, 3.8) is 0 Å². The quantitative estimate of drug-likeness (QED) is 0.406. The maximum atomic E-state index is 13.1. The molecule has 2 N–H and O–H groups in total. The first-order chi connectivity index (χ1) is 17.0. The molecule has 0 aliphatic carbocycles. The number of hydrogen-bond donors (Lipinski definition) is 2. The van der Waals surface area contributed by atoms with E-state index in [-0.39, 0.29) is 11.9 Å². The van der Waals surface area contributed by atoms with Crippen molar-refractivity contribution in [2.75, 3.05) is 44.6 Å². The number of methoxy groups -OCH3 is 3. The van der Waals surface area contributed by atoms with Crippen molar-refractivity contribution in [2.45, 2.75) is 13.3 Å². The van der Waals surface area contributed by atoms with Gasteiger partial charge >= 0.3 is 6.03 Å². The Morgan fingerprint density at radius 1 is 0.857 bits per heavy atom. The summed E-state index contributed by atoms with van der Waals surface area (Å²) in [6.07, 6.45) is 0.548. The van der Waals surface area contributed by atoms with Crippen molar-refractivity contribution in [3.8, 4) is 17.2 Å². The van der Waals surface area contributed by atoms with Gasteiger partial charge in [-0.3, -0.25) is 9.69 Å². The fourth-order valence-electron chi connectivity index (χ4n) is 3.62. The highest BCUT2D eigenvalue weighted by molar-refractivity contribution is 6.01. The number of para-hydroxylation sites is 1. The van der Waals surface area contributed by atoms with Crippen LogP contribution in [0, 0.1) is 6.92 Å². The predicted molar refractivity (Wildman–Crippen MR) is 137 cm³/mol. The number of ether oxygens (including phenoxy) is 3. The second-order valence-electron chi connectivity index (χ2n) is 7.81. The molecule has 3 aromatic carbocycles. The van der Waals surface area contributed by atoms with E-state index in [1.54, 1.807) is 17.0 Å². The number of nitrogens with one attached hydrogen (secondary N) is 2. The summed E-state index contributed by atoms with van der Waals surface area (Å²) in [6.45, 7) is 2.76. The summed E-state index contributed by atoms with van der Waals surface area (Å²) in [7, 11) is 4.51. The molecule has 0 fully saturated rings. The third-order valence-electron chi connectivity index (χ3n) is 5.35. The lowest BCUT2D eigenvalue weighted by Crippen LogP contribution is -2.37. The van der Waals surface area contributed by atoms with Gasteiger partial charge in [0.15, 0.2) is 11.5 Å². The number of urea groups is 1. The molecule has 0 atom stereocenters. The van der Waals surface area contributed by atoms with Crippen LogP contribution in [0.1, 0.15) is 22.3 Å². The fraction of sp³-hybridized carbons (Fsp3) is 0.259. The first-order valence-electron chi connectivity index (χ1n) is 11.2.